The van der Waals surface area contributed by atoms with Crippen LogP contribution in [-0.2, 0) is 6.54 Å². The fourth-order valence-electron chi connectivity index (χ4n) is 1.71. The molecule has 0 aliphatic heterocycles. The lowest BCUT2D eigenvalue weighted by Gasteiger charge is -2.03. The van der Waals surface area contributed by atoms with Crippen LogP contribution >= 0.6 is 11.3 Å². The summed E-state index contributed by atoms with van der Waals surface area (Å²) < 4.78 is 6.16. The molecule has 1 N–H and O–H groups in total. The standard InChI is InChI=1S/C12H9N3O3S/c16-15(17)12-4-2-9(18-12)6-13-8-1-3-10-11(5-8)19-7-14-10/h1-5,7,13H,6H2. The number of nitrogens with one attached hydrogen (secondary N) is 1. The van der Waals surface area contributed by atoms with E-state index >= 15 is 0 Å². The number of fused-ring (bicyclic) bond motifs is 1. The molecule has 6 nitrogen and oxygen atoms in total. The van der Waals surface area contributed by atoms with E-state index in [2.05, 4.69) is 10.3 Å². The van der Waals surface area contributed by atoms with Gasteiger partial charge in [-0.1, -0.05) is 0 Å². The zero-order chi connectivity index (χ0) is 13.2. The Morgan fingerprint density at radius 1 is 1.37 bits per heavy atom. The van der Waals surface area contributed by atoms with Crippen molar-refractivity contribution in [1.29, 1.82) is 0 Å². The van der Waals surface area contributed by atoms with Gasteiger partial charge >= 0.3 is 5.88 Å². The number of anilines is 1. The maximum atomic E-state index is 10.5. The third kappa shape index (κ3) is 2.41. The Balaban J connectivity index is 1.72. The number of thiazole rings is 1. The van der Waals surface area contributed by atoms with E-state index in [1.165, 1.54) is 6.07 Å². The van der Waals surface area contributed by atoms with Crippen LogP contribution in [-0.4, -0.2) is 9.91 Å². The molecule has 0 aliphatic rings. The second-order valence-electron chi connectivity index (χ2n) is 3.89. The molecule has 96 valence electrons. The smallest absolute Gasteiger partial charge is 0.404 e. The molecular weight excluding hydrogens is 266 g/mol. The van der Waals surface area contributed by atoms with Crippen LogP contribution in [0.5, 0.6) is 0 Å². The molecule has 0 spiro atoms. The van der Waals surface area contributed by atoms with Crippen LogP contribution in [0.3, 0.4) is 0 Å². The fourth-order valence-corrected chi connectivity index (χ4v) is 2.43. The van der Waals surface area contributed by atoms with Gasteiger partial charge in [0.1, 0.15) is 10.7 Å². The minimum absolute atomic E-state index is 0.241. The number of aromatic nitrogens is 1. The van der Waals surface area contributed by atoms with E-state index < -0.39 is 4.92 Å². The maximum absolute atomic E-state index is 10.5. The van der Waals surface area contributed by atoms with Crippen molar-refractivity contribution in [3.63, 3.8) is 0 Å². The monoisotopic (exact) mass is 275 g/mol. The predicted molar refractivity (Wildman–Crippen MR) is 72.3 cm³/mol. The first-order valence-corrected chi connectivity index (χ1v) is 6.40. The molecule has 0 unspecified atom stereocenters. The Hall–Kier alpha value is -2.41. The minimum atomic E-state index is -0.549. The molecule has 0 fully saturated rings. The van der Waals surface area contributed by atoms with Gasteiger partial charge < -0.3 is 9.73 Å². The largest absolute Gasteiger partial charge is 0.433 e. The molecule has 7 heteroatoms. The van der Waals surface area contributed by atoms with Crippen molar-refractivity contribution in [1.82, 2.24) is 4.98 Å². The van der Waals surface area contributed by atoms with E-state index in [-0.39, 0.29) is 5.88 Å². The topological polar surface area (TPSA) is 81.2 Å². The zero-order valence-electron chi connectivity index (χ0n) is 9.70. The summed E-state index contributed by atoms with van der Waals surface area (Å²) in [6, 6.07) is 8.78. The van der Waals surface area contributed by atoms with Crippen LogP contribution in [0.25, 0.3) is 10.2 Å². The Bertz CT molecular complexity index is 734. The zero-order valence-corrected chi connectivity index (χ0v) is 10.5. The Morgan fingerprint density at radius 2 is 2.26 bits per heavy atom. The van der Waals surface area contributed by atoms with Crippen molar-refractivity contribution in [3.05, 3.63) is 51.7 Å². The van der Waals surface area contributed by atoms with Gasteiger partial charge in [-0.15, -0.1) is 11.3 Å². The average Bonchev–Trinajstić information content (AvgIpc) is 3.04. The number of hydrogen-bond donors (Lipinski definition) is 1. The molecule has 0 aliphatic carbocycles. The van der Waals surface area contributed by atoms with E-state index in [0.29, 0.717) is 12.3 Å². The van der Waals surface area contributed by atoms with Crippen LogP contribution in [0.4, 0.5) is 11.6 Å². The van der Waals surface area contributed by atoms with Gasteiger partial charge in [0.05, 0.1) is 28.3 Å². The van der Waals surface area contributed by atoms with Crippen LogP contribution in [0.1, 0.15) is 5.76 Å². The normalized spacial score (nSPS) is 10.7. The minimum Gasteiger partial charge on any atom is -0.404 e. The van der Waals surface area contributed by atoms with Crippen molar-refractivity contribution >= 4 is 33.1 Å². The highest BCUT2D eigenvalue weighted by Gasteiger charge is 2.11. The average molecular weight is 275 g/mol. The number of nitrogens with zero attached hydrogens (tertiary/aromatic N) is 2. The molecule has 0 bridgehead atoms. The van der Waals surface area contributed by atoms with Crippen LogP contribution in [0, 0.1) is 10.1 Å². The lowest BCUT2D eigenvalue weighted by atomic mass is 10.3. The molecule has 0 amide bonds. The Morgan fingerprint density at radius 3 is 3.05 bits per heavy atom. The number of hydrogen-bond acceptors (Lipinski definition) is 6. The Labute approximate surface area is 111 Å². The predicted octanol–water partition coefficient (Wildman–Crippen LogP) is 3.41. The highest BCUT2D eigenvalue weighted by molar-refractivity contribution is 7.16. The third-order valence-electron chi connectivity index (χ3n) is 2.63. The van der Waals surface area contributed by atoms with Gasteiger partial charge in [-0.2, -0.15) is 0 Å². The van der Waals surface area contributed by atoms with Crippen molar-refractivity contribution in [3.8, 4) is 0 Å². The van der Waals surface area contributed by atoms with Crippen molar-refractivity contribution in [2.75, 3.05) is 5.32 Å². The second-order valence-corrected chi connectivity index (χ2v) is 4.77. The molecule has 3 aromatic rings. The first-order chi connectivity index (χ1) is 9.22. The quantitative estimate of drug-likeness (QED) is 0.583. The van der Waals surface area contributed by atoms with Gasteiger partial charge in [0, 0.05) is 5.69 Å². The second kappa shape index (κ2) is 4.69. The van der Waals surface area contributed by atoms with Gasteiger partial charge in [0.15, 0.2) is 0 Å². The molecule has 2 heterocycles. The molecule has 1 aromatic carbocycles. The first kappa shape index (κ1) is 11.7. The van der Waals surface area contributed by atoms with Gasteiger partial charge in [0.2, 0.25) is 0 Å². The van der Waals surface area contributed by atoms with Crippen LogP contribution in [0.15, 0.2) is 40.3 Å². The summed E-state index contributed by atoms with van der Waals surface area (Å²) in [6.45, 7) is 0.401. The number of nitro groups is 1. The highest BCUT2D eigenvalue weighted by atomic mass is 32.1. The van der Waals surface area contributed by atoms with E-state index in [9.17, 15) is 10.1 Å². The van der Waals surface area contributed by atoms with E-state index in [0.717, 1.165) is 15.9 Å². The van der Waals surface area contributed by atoms with Crippen molar-refractivity contribution < 1.29 is 9.34 Å². The summed E-state index contributed by atoms with van der Waals surface area (Å²) in [7, 11) is 0. The van der Waals surface area contributed by atoms with Crippen LogP contribution in [0.2, 0.25) is 0 Å². The Kier molecular flexibility index (Phi) is 2.88. The van der Waals surface area contributed by atoms with Gasteiger partial charge in [0.25, 0.3) is 0 Å². The molecule has 2 aromatic heterocycles. The summed E-state index contributed by atoms with van der Waals surface area (Å²) in [4.78, 5) is 14.1. The highest BCUT2D eigenvalue weighted by Crippen LogP contribution is 2.23. The van der Waals surface area contributed by atoms with Crippen molar-refractivity contribution in [2.45, 2.75) is 6.54 Å². The fraction of sp³-hybridized carbons (Fsp3) is 0.0833. The molecule has 0 saturated carbocycles. The lowest BCUT2D eigenvalue weighted by molar-refractivity contribution is -0.402. The summed E-state index contributed by atoms with van der Waals surface area (Å²) in [6.07, 6.45) is 0. The molecule has 3 rings (SSSR count). The summed E-state index contributed by atoms with van der Waals surface area (Å²) in [5, 5.41) is 13.6. The molecule has 0 atom stereocenters. The van der Waals surface area contributed by atoms with E-state index in [4.69, 9.17) is 4.42 Å². The molecule has 19 heavy (non-hydrogen) atoms. The van der Waals surface area contributed by atoms with Gasteiger partial charge in [-0.05, 0) is 24.3 Å². The van der Waals surface area contributed by atoms with Gasteiger partial charge in [-0.3, -0.25) is 10.1 Å². The summed E-state index contributed by atoms with van der Waals surface area (Å²) >= 11 is 1.57. The number of rotatable bonds is 4. The van der Waals surface area contributed by atoms with E-state index in [1.54, 1.807) is 22.9 Å². The first-order valence-electron chi connectivity index (χ1n) is 5.52. The third-order valence-corrected chi connectivity index (χ3v) is 3.42. The van der Waals surface area contributed by atoms with Crippen LogP contribution < -0.4 is 5.32 Å². The summed E-state index contributed by atoms with van der Waals surface area (Å²) in [5.74, 6) is 0.283. The molecule has 0 radical (unpaired) electrons. The number of furan rings is 1. The summed E-state index contributed by atoms with van der Waals surface area (Å²) in [5.41, 5.74) is 3.68. The maximum Gasteiger partial charge on any atom is 0.433 e. The SMILES string of the molecule is O=[N+]([O-])c1ccc(CNc2ccc3ncsc3c2)o1. The van der Waals surface area contributed by atoms with Gasteiger partial charge in [-0.25, -0.2) is 4.98 Å². The van der Waals surface area contributed by atoms with Crippen molar-refractivity contribution in [2.24, 2.45) is 0 Å². The lowest BCUT2D eigenvalue weighted by Crippen LogP contribution is -1.97. The molecular formula is C12H9N3O3S. The molecule has 0 saturated heterocycles. The number of benzene rings is 1. The van der Waals surface area contributed by atoms with E-state index in [1.807, 2.05) is 18.2 Å².